The molecule has 7 nitrogen and oxygen atoms in total. The second-order valence-corrected chi connectivity index (χ2v) is 8.58. The summed E-state index contributed by atoms with van der Waals surface area (Å²) in [5, 5.41) is 9.16. The molecule has 4 rings (SSSR count). The third-order valence-corrected chi connectivity index (χ3v) is 6.64. The minimum Gasteiger partial charge on any atom is -0.303 e. The van der Waals surface area contributed by atoms with Crippen LogP contribution in [0.3, 0.4) is 0 Å². The molecule has 2 aromatic carbocycles. The highest BCUT2D eigenvalue weighted by atomic mass is 32.1. The molecule has 2 aliphatic rings. The molecule has 0 aromatic heterocycles. The Morgan fingerprint density at radius 1 is 1.18 bits per heavy atom. The molecular formula is C23H20F3N5O2S. The molecular weight excluding hydrogens is 467 g/mol. The number of nitrogens with two attached hydrogens (primary N) is 1. The van der Waals surface area contributed by atoms with Crippen molar-refractivity contribution in [1.82, 2.24) is 5.43 Å². The van der Waals surface area contributed by atoms with Crippen LogP contribution in [0.5, 0.6) is 0 Å². The number of nitriles is 1. The predicted molar refractivity (Wildman–Crippen MR) is 122 cm³/mol. The zero-order valence-electron chi connectivity index (χ0n) is 17.9. The molecule has 1 saturated carbocycles. The number of alkyl halides is 3. The second kappa shape index (κ2) is 8.70. The number of rotatable bonds is 5. The van der Waals surface area contributed by atoms with Crippen LogP contribution < -0.4 is 21.1 Å². The van der Waals surface area contributed by atoms with Crippen molar-refractivity contribution in [2.75, 3.05) is 9.80 Å². The second-order valence-electron chi connectivity index (χ2n) is 8.22. The van der Waals surface area contributed by atoms with Crippen molar-refractivity contribution in [2.45, 2.75) is 43.8 Å². The third kappa shape index (κ3) is 3.89. The van der Waals surface area contributed by atoms with Crippen molar-refractivity contribution in [3.05, 3.63) is 59.2 Å². The maximum absolute atomic E-state index is 13.5. The summed E-state index contributed by atoms with van der Waals surface area (Å²) in [6, 6.07) is 11.9. The normalized spacial score (nSPS) is 17.0. The topological polar surface area (TPSA) is 102 Å². The fraction of sp³-hybridized carbons (Fsp3) is 0.304. The van der Waals surface area contributed by atoms with E-state index in [0.29, 0.717) is 24.9 Å². The lowest BCUT2D eigenvalue weighted by molar-refractivity contribution is -0.137. The maximum Gasteiger partial charge on any atom is 0.417 e. The first-order valence-electron chi connectivity index (χ1n) is 10.5. The van der Waals surface area contributed by atoms with Gasteiger partial charge in [-0.05, 0) is 73.8 Å². The highest BCUT2D eigenvalue weighted by Crippen LogP contribution is 2.48. The predicted octanol–water partition coefficient (Wildman–Crippen LogP) is 3.56. The number of hydrogen-bond donors (Lipinski definition) is 2. The smallest absolute Gasteiger partial charge is 0.303 e. The van der Waals surface area contributed by atoms with Gasteiger partial charge in [-0.1, -0.05) is 12.1 Å². The average Bonchev–Trinajstić information content (AvgIpc) is 3.03. The molecule has 1 aliphatic heterocycles. The van der Waals surface area contributed by atoms with Crippen LogP contribution in [0, 0.1) is 11.3 Å². The Morgan fingerprint density at radius 2 is 1.82 bits per heavy atom. The number of thiocarbonyl (C=S) groups is 1. The molecule has 1 spiro atoms. The van der Waals surface area contributed by atoms with Crippen LogP contribution in [0.2, 0.25) is 0 Å². The van der Waals surface area contributed by atoms with Gasteiger partial charge in [-0.25, -0.2) is 5.84 Å². The van der Waals surface area contributed by atoms with Gasteiger partial charge in [0.25, 0.3) is 5.91 Å². The van der Waals surface area contributed by atoms with Crippen LogP contribution in [0.1, 0.15) is 42.4 Å². The molecule has 34 heavy (non-hydrogen) atoms. The zero-order chi connectivity index (χ0) is 24.7. The molecule has 2 fully saturated rings. The molecule has 0 bridgehead atoms. The first-order valence-corrected chi connectivity index (χ1v) is 10.9. The standard InChI is InChI=1S/C23H20F3N5O2S/c24-23(25,26)18-12-17(8-5-15(18)13-27)30-20(33)22(10-1-11-22)31(21(30)34)16-6-2-14(3-7-16)4-9-19(32)29-28/h2-3,5-8,12H,1,4,9-11,28H2,(H,29,32). The number of nitrogens with one attached hydrogen (secondary N) is 1. The number of hydrazine groups is 1. The Kier molecular flexibility index (Phi) is 6.05. The zero-order valence-corrected chi connectivity index (χ0v) is 18.7. The molecule has 1 saturated heterocycles. The van der Waals surface area contributed by atoms with Gasteiger partial charge >= 0.3 is 6.18 Å². The SMILES string of the molecule is N#Cc1ccc(N2C(=O)C3(CCC3)N(c3ccc(CCC(=O)NN)cc3)C2=S)cc1C(F)(F)F. The first-order chi connectivity index (χ1) is 16.1. The average molecular weight is 488 g/mol. The molecule has 2 aromatic rings. The van der Waals surface area contributed by atoms with Gasteiger partial charge in [-0.3, -0.25) is 19.9 Å². The number of hydrogen-bond acceptors (Lipinski definition) is 5. The Balaban J connectivity index is 1.68. The number of nitrogens with zero attached hydrogens (tertiary/aromatic N) is 3. The fourth-order valence-corrected chi connectivity index (χ4v) is 4.82. The summed E-state index contributed by atoms with van der Waals surface area (Å²) in [7, 11) is 0. The van der Waals surface area contributed by atoms with Crippen molar-refractivity contribution >= 4 is 40.5 Å². The number of amides is 2. The van der Waals surface area contributed by atoms with Crippen LogP contribution >= 0.6 is 12.2 Å². The summed E-state index contributed by atoms with van der Waals surface area (Å²) in [6.07, 6.45) is -2.25. The summed E-state index contributed by atoms with van der Waals surface area (Å²) < 4.78 is 40.5. The van der Waals surface area contributed by atoms with E-state index in [1.165, 1.54) is 6.07 Å². The molecule has 2 amide bonds. The van der Waals surface area contributed by atoms with E-state index in [9.17, 15) is 22.8 Å². The van der Waals surface area contributed by atoms with Gasteiger partial charge in [0.15, 0.2) is 5.11 Å². The van der Waals surface area contributed by atoms with Crippen molar-refractivity contribution in [2.24, 2.45) is 5.84 Å². The number of carbonyl (C=O) groups excluding carboxylic acids is 2. The van der Waals surface area contributed by atoms with Crippen molar-refractivity contribution in [3.63, 3.8) is 0 Å². The molecule has 0 unspecified atom stereocenters. The minimum absolute atomic E-state index is 0.0282. The van der Waals surface area contributed by atoms with E-state index >= 15 is 0 Å². The molecule has 1 aliphatic carbocycles. The lowest BCUT2D eigenvalue weighted by Crippen LogP contribution is -2.55. The summed E-state index contributed by atoms with van der Waals surface area (Å²) >= 11 is 5.60. The van der Waals surface area contributed by atoms with E-state index in [4.69, 9.17) is 23.3 Å². The maximum atomic E-state index is 13.5. The van der Waals surface area contributed by atoms with Crippen LogP contribution in [0.4, 0.5) is 24.5 Å². The van der Waals surface area contributed by atoms with E-state index in [1.807, 2.05) is 12.1 Å². The van der Waals surface area contributed by atoms with Crippen molar-refractivity contribution < 1.29 is 22.8 Å². The molecule has 3 N–H and O–H groups in total. The largest absolute Gasteiger partial charge is 0.417 e. The van der Waals surface area contributed by atoms with Crippen LogP contribution in [0.15, 0.2) is 42.5 Å². The van der Waals surface area contributed by atoms with Crippen LogP contribution in [-0.2, 0) is 22.2 Å². The van der Waals surface area contributed by atoms with E-state index in [2.05, 4.69) is 5.43 Å². The minimum atomic E-state index is -4.75. The third-order valence-electron chi connectivity index (χ3n) is 6.28. The van der Waals surface area contributed by atoms with Crippen LogP contribution in [-0.4, -0.2) is 22.5 Å². The molecule has 11 heteroatoms. The quantitative estimate of drug-likeness (QED) is 0.289. The Morgan fingerprint density at radius 3 is 2.35 bits per heavy atom. The van der Waals surface area contributed by atoms with Gasteiger partial charge in [0, 0.05) is 12.1 Å². The van der Waals surface area contributed by atoms with Crippen LogP contribution in [0.25, 0.3) is 0 Å². The first kappa shape index (κ1) is 23.7. The van der Waals surface area contributed by atoms with Gasteiger partial charge in [-0.15, -0.1) is 0 Å². The summed E-state index contributed by atoms with van der Waals surface area (Å²) in [6.45, 7) is 0. The van der Waals surface area contributed by atoms with Gasteiger partial charge in [0.05, 0.1) is 22.9 Å². The highest BCUT2D eigenvalue weighted by Gasteiger charge is 2.59. The number of halogens is 3. The molecule has 176 valence electrons. The molecule has 0 atom stereocenters. The van der Waals surface area contributed by atoms with Gasteiger partial charge in [0.2, 0.25) is 5.91 Å². The Hall–Kier alpha value is -3.49. The fourth-order valence-electron chi connectivity index (χ4n) is 4.35. The van der Waals surface area contributed by atoms with E-state index in [1.54, 1.807) is 23.1 Å². The van der Waals surface area contributed by atoms with E-state index in [-0.39, 0.29) is 29.0 Å². The lowest BCUT2D eigenvalue weighted by Gasteiger charge is -2.43. The lowest BCUT2D eigenvalue weighted by atomic mass is 9.75. The van der Waals surface area contributed by atoms with Gasteiger partial charge in [-0.2, -0.15) is 18.4 Å². The summed E-state index contributed by atoms with van der Waals surface area (Å²) in [5.41, 5.74) is 0.966. The number of benzene rings is 2. The molecule has 0 radical (unpaired) electrons. The Bertz CT molecular complexity index is 1200. The van der Waals surface area contributed by atoms with Gasteiger partial charge < -0.3 is 4.90 Å². The number of anilines is 2. The molecule has 1 heterocycles. The van der Waals surface area contributed by atoms with Crippen molar-refractivity contribution in [3.8, 4) is 6.07 Å². The van der Waals surface area contributed by atoms with E-state index in [0.717, 1.165) is 29.0 Å². The summed E-state index contributed by atoms with van der Waals surface area (Å²) in [4.78, 5) is 27.7. The van der Waals surface area contributed by atoms with Crippen molar-refractivity contribution in [1.29, 1.82) is 5.26 Å². The summed E-state index contributed by atoms with van der Waals surface area (Å²) in [5.74, 6) is 4.42. The monoisotopic (exact) mass is 487 g/mol. The van der Waals surface area contributed by atoms with Gasteiger partial charge in [0.1, 0.15) is 5.54 Å². The Labute approximate surface area is 198 Å². The highest BCUT2D eigenvalue weighted by molar-refractivity contribution is 7.81. The van der Waals surface area contributed by atoms with E-state index < -0.39 is 22.8 Å². The number of aryl methyl sites for hydroxylation is 1. The number of carbonyl (C=O) groups is 2.